The van der Waals surface area contributed by atoms with Crippen molar-refractivity contribution in [3.63, 3.8) is 0 Å². The molecule has 1 unspecified atom stereocenters. The second-order valence-corrected chi connectivity index (χ2v) is 6.44. The van der Waals surface area contributed by atoms with Gasteiger partial charge in [-0.1, -0.05) is 12.1 Å². The highest BCUT2D eigenvalue weighted by Crippen LogP contribution is 2.28. The number of amides is 1. The number of nitrogens with zero attached hydrogens (tertiary/aromatic N) is 4. The zero-order chi connectivity index (χ0) is 16.4. The normalized spacial score (nSPS) is 21.9. The van der Waals surface area contributed by atoms with E-state index >= 15 is 0 Å². The fraction of sp³-hybridized carbons (Fsp3) is 0.500. The van der Waals surface area contributed by atoms with Gasteiger partial charge in [-0.15, -0.1) is 0 Å². The first-order chi connectivity index (χ1) is 11.8. The number of para-hydroxylation sites is 1. The van der Waals surface area contributed by atoms with E-state index in [9.17, 15) is 4.79 Å². The number of aromatic nitrogens is 2. The predicted molar refractivity (Wildman–Crippen MR) is 91.9 cm³/mol. The van der Waals surface area contributed by atoms with Crippen LogP contribution in [0.2, 0.25) is 0 Å². The molecule has 6 heteroatoms. The first kappa shape index (κ1) is 15.3. The van der Waals surface area contributed by atoms with Gasteiger partial charge in [-0.25, -0.2) is 9.97 Å². The van der Waals surface area contributed by atoms with Gasteiger partial charge in [0.15, 0.2) is 0 Å². The number of carbonyl (C=O) groups is 1. The second-order valence-electron chi connectivity index (χ2n) is 6.44. The Kier molecular flexibility index (Phi) is 4.30. The Balaban J connectivity index is 1.55. The molecule has 1 aromatic carbocycles. The van der Waals surface area contributed by atoms with E-state index in [2.05, 4.69) is 20.9 Å². The van der Waals surface area contributed by atoms with E-state index in [1.54, 1.807) is 6.33 Å². The summed E-state index contributed by atoms with van der Waals surface area (Å²) in [5.41, 5.74) is 0.948. The topological polar surface area (TPSA) is 58.6 Å². The molecule has 0 aliphatic carbocycles. The highest BCUT2D eigenvalue weighted by molar-refractivity contribution is 5.89. The van der Waals surface area contributed by atoms with E-state index in [0.29, 0.717) is 26.3 Å². The van der Waals surface area contributed by atoms with Crippen molar-refractivity contribution in [1.29, 1.82) is 0 Å². The van der Waals surface area contributed by atoms with Crippen LogP contribution < -0.4 is 4.90 Å². The Morgan fingerprint density at radius 1 is 1.12 bits per heavy atom. The predicted octanol–water partition coefficient (Wildman–Crippen LogP) is 1.71. The Bertz CT molecular complexity index is 725. The van der Waals surface area contributed by atoms with Crippen molar-refractivity contribution in [3.05, 3.63) is 30.6 Å². The number of ether oxygens (including phenoxy) is 1. The molecule has 1 atom stereocenters. The Morgan fingerprint density at radius 3 is 2.83 bits per heavy atom. The van der Waals surface area contributed by atoms with Crippen LogP contribution in [-0.4, -0.2) is 60.2 Å². The molecule has 4 rings (SSSR count). The molecule has 0 N–H and O–H groups in total. The summed E-state index contributed by atoms with van der Waals surface area (Å²) in [6, 6.07) is 8.05. The van der Waals surface area contributed by atoms with Crippen molar-refractivity contribution >= 4 is 22.6 Å². The van der Waals surface area contributed by atoms with Gasteiger partial charge in [0.25, 0.3) is 0 Å². The first-order valence-electron chi connectivity index (χ1n) is 8.64. The minimum atomic E-state index is 0.0468. The molecule has 6 nitrogen and oxygen atoms in total. The minimum Gasteiger partial charge on any atom is -0.378 e. The summed E-state index contributed by atoms with van der Waals surface area (Å²) in [6.45, 7) is 4.40. The van der Waals surface area contributed by atoms with Gasteiger partial charge in [0.1, 0.15) is 12.1 Å². The smallest absolute Gasteiger partial charge is 0.227 e. The maximum absolute atomic E-state index is 12.8. The Labute approximate surface area is 141 Å². The standard InChI is InChI=1S/C18H22N4O2/c23-18(21-8-10-24-11-9-21)14-4-3-7-22(12-14)17-15-5-1-2-6-16(15)19-13-20-17/h1-2,5-6,13-14H,3-4,7-12H2. The number of hydrogen-bond donors (Lipinski definition) is 0. The monoisotopic (exact) mass is 326 g/mol. The van der Waals surface area contributed by atoms with Crippen LogP contribution in [0.25, 0.3) is 10.9 Å². The number of benzene rings is 1. The van der Waals surface area contributed by atoms with Gasteiger partial charge in [-0.2, -0.15) is 0 Å². The number of anilines is 1. The van der Waals surface area contributed by atoms with Crippen molar-refractivity contribution in [2.45, 2.75) is 12.8 Å². The Hall–Kier alpha value is -2.21. The maximum atomic E-state index is 12.8. The largest absolute Gasteiger partial charge is 0.378 e. The van der Waals surface area contributed by atoms with Gasteiger partial charge in [-0.3, -0.25) is 4.79 Å². The molecule has 0 saturated carbocycles. The summed E-state index contributed by atoms with van der Waals surface area (Å²) in [5.74, 6) is 1.26. The van der Waals surface area contributed by atoms with E-state index in [1.807, 2.05) is 23.1 Å². The fourth-order valence-corrected chi connectivity index (χ4v) is 3.66. The van der Waals surface area contributed by atoms with Crippen LogP contribution in [-0.2, 0) is 9.53 Å². The van der Waals surface area contributed by atoms with Crippen LogP contribution in [0, 0.1) is 5.92 Å². The summed E-state index contributed by atoms with van der Waals surface area (Å²) in [7, 11) is 0. The van der Waals surface area contributed by atoms with E-state index in [-0.39, 0.29) is 11.8 Å². The summed E-state index contributed by atoms with van der Waals surface area (Å²) < 4.78 is 5.35. The molecule has 0 bridgehead atoms. The average Bonchev–Trinajstić information content (AvgIpc) is 2.68. The van der Waals surface area contributed by atoms with Crippen LogP contribution in [0.15, 0.2) is 30.6 Å². The first-order valence-corrected chi connectivity index (χ1v) is 8.64. The number of fused-ring (bicyclic) bond motifs is 1. The zero-order valence-corrected chi connectivity index (χ0v) is 13.7. The van der Waals surface area contributed by atoms with Crippen LogP contribution in [0.1, 0.15) is 12.8 Å². The molecule has 2 fully saturated rings. The van der Waals surface area contributed by atoms with Gasteiger partial charge < -0.3 is 14.5 Å². The zero-order valence-electron chi connectivity index (χ0n) is 13.7. The van der Waals surface area contributed by atoms with Crippen molar-refractivity contribution in [2.75, 3.05) is 44.3 Å². The molecule has 0 spiro atoms. The van der Waals surface area contributed by atoms with Crippen molar-refractivity contribution in [3.8, 4) is 0 Å². The van der Waals surface area contributed by atoms with E-state index < -0.39 is 0 Å². The summed E-state index contributed by atoms with van der Waals surface area (Å²) in [5, 5.41) is 1.06. The van der Waals surface area contributed by atoms with Crippen LogP contribution in [0.5, 0.6) is 0 Å². The molecule has 126 valence electrons. The van der Waals surface area contributed by atoms with Gasteiger partial charge in [-0.05, 0) is 25.0 Å². The summed E-state index contributed by atoms with van der Waals surface area (Å²) in [4.78, 5) is 25.8. The van der Waals surface area contributed by atoms with Crippen molar-refractivity contribution in [1.82, 2.24) is 14.9 Å². The highest BCUT2D eigenvalue weighted by Gasteiger charge is 2.31. The number of hydrogen-bond acceptors (Lipinski definition) is 5. The molecule has 1 amide bonds. The van der Waals surface area contributed by atoms with Crippen LogP contribution >= 0.6 is 0 Å². The van der Waals surface area contributed by atoms with Gasteiger partial charge in [0, 0.05) is 31.6 Å². The lowest BCUT2D eigenvalue weighted by atomic mass is 9.96. The van der Waals surface area contributed by atoms with Gasteiger partial charge in [0.05, 0.1) is 24.6 Å². The van der Waals surface area contributed by atoms with Crippen molar-refractivity contribution < 1.29 is 9.53 Å². The fourth-order valence-electron chi connectivity index (χ4n) is 3.66. The third-order valence-corrected chi connectivity index (χ3v) is 4.91. The van der Waals surface area contributed by atoms with E-state index in [4.69, 9.17) is 4.74 Å². The SMILES string of the molecule is O=C(C1CCCN(c2ncnc3ccccc23)C1)N1CCOCC1. The molecule has 2 aliphatic heterocycles. The summed E-state index contributed by atoms with van der Waals surface area (Å²) in [6.07, 6.45) is 3.58. The van der Waals surface area contributed by atoms with Gasteiger partial charge in [0.2, 0.25) is 5.91 Å². The number of morpholine rings is 1. The number of piperidine rings is 1. The second kappa shape index (κ2) is 6.73. The lowest BCUT2D eigenvalue weighted by Crippen LogP contribution is -2.48. The maximum Gasteiger partial charge on any atom is 0.227 e. The molecule has 1 aromatic heterocycles. The molecule has 0 radical (unpaired) electrons. The quantitative estimate of drug-likeness (QED) is 0.841. The molecule has 24 heavy (non-hydrogen) atoms. The molecule has 3 heterocycles. The lowest BCUT2D eigenvalue weighted by Gasteiger charge is -2.37. The molecule has 2 aliphatic rings. The van der Waals surface area contributed by atoms with E-state index in [0.717, 1.165) is 42.7 Å². The lowest BCUT2D eigenvalue weighted by molar-refractivity contribution is -0.139. The van der Waals surface area contributed by atoms with E-state index in [1.165, 1.54) is 0 Å². The third-order valence-electron chi connectivity index (χ3n) is 4.91. The minimum absolute atomic E-state index is 0.0468. The third kappa shape index (κ3) is 2.94. The molecule has 2 saturated heterocycles. The summed E-state index contributed by atoms with van der Waals surface area (Å²) >= 11 is 0. The number of rotatable bonds is 2. The number of carbonyl (C=O) groups excluding carboxylic acids is 1. The average molecular weight is 326 g/mol. The Morgan fingerprint density at radius 2 is 1.96 bits per heavy atom. The molecular formula is C18H22N4O2. The van der Waals surface area contributed by atoms with Crippen molar-refractivity contribution in [2.24, 2.45) is 5.92 Å². The van der Waals surface area contributed by atoms with Crippen LogP contribution in [0.4, 0.5) is 5.82 Å². The highest BCUT2D eigenvalue weighted by atomic mass is 16.5. The van der Waals surface area contributed by atoms with Gasteiger partial charge >= 0.3 is 0 Å². The molecule has 2 aromatic rings. The van der Waals surface area contributed by atoms with Crippen LogP contribution in [0.3, 0.4) is 0 Å². The molecular weight excluding hydrogens is 304 g/mol.